The van der Waals surface area contributed by atoms with Gasteiger partial charge in [-0.2, -0.15) is 0 Å². The molecule has 0 heterocycles. The van der Waals surface area contributed by atoms with Crippen LogP contribution in [0.15, 0.2) is 42.5 Å². The molecule has 0 saturated heterocycles. The number of halogens is 2. The summed E-state index contributed by atoms with van der Waals surface area (Å²) in [5, 5.41) is 0. The second-order valence-electron chi connectivity index (χ2n) is 5.47. The molecule has 2 aromatic rings. The Hall–Kier alpha value is -1.52. The molecule has 0 aliphatic heterocycles. The Morgan fingerprint density at radius 2 is 1.55 bits per heavy atom. The van der Waals surface area contributed by atoms with Crippen LogP contribution in [0.2, 0.25) is 0 Å². The smallest absolute Gasteiger partial charge is 0.159 e. The van der Waals surface area contributed by atoms with Crippen molar-refractivity contribution in [3.8, 4) is 11.1 Å². The van der Waals surface area contributed by atoms with Gasteiger partial charge in [0.15, 0.2) is 11.6 Å². The summed E-state index contributed by atoms with van der Waals surface area (Å²) in [5.41, 5.74) is 2.55. The van der Waals surface area contributed by atoms with E-state index in [1.807, 2.05) is 24.3 Å². The molecular formula is C16H18F2OSi. The summed E-state index contributed by atoms with van der Waals surface area (Å²) in [6.45, 7) is 4.12. The van der Waals surface area contributed by atoms with Crippen molar-refractivity contribution < 1.29 is 13.2 Å². The zero-order chi connectivity index (χ0) is 14.8. The first-order chi connectivity index (χ1) is 9.41. The van der Waals surface area contributed by atoms with E-state index < -0.39 is 11.6 Å². The Bertz CT molecular complexity index is 594. The van der Waals surface area contributed by atoms with E-state index in [1.165, 1.54) is 6.07 Å². The monoisotopic (exact) mass is 292 g/mol. The molecule has 0 radical (unpaired) electrons. The van der Waals surface area contributed by atoms with Gasteiger partial charge in [0.1, 0.15) is 10.5 Å². The molecule has 0 amide bonds. The van der Waals surface area contributed by atoms with Crippen LogP contribution >= 0.6 is 0 Å². The standard InChI is InChI=1S/C16H18F2OSi/c1-16(2,19-20)10-11-3-5-12(6-4-11)13-7-8-14(17)15(18)9-13/h3-9H,10H2,1-2,20H3. The van der Waals surface area contributed by atoms with Crippen molar-refractivity contribution in [2.24, 2.45) is 0 Å². The quantitative estimate of drug-likeness (QED) is 0.786. The minimum atomic E-state index is -0.823. The molecule has 0 atom stereocenters. The van der Waals surface area contributed by atoms with Gasteiger partial charge >= 0.3 is 0 Å². The summed E-state index contributed by atoms with van der Waals surface area (Å²) in [7, 11) is 0.707. The van der Waals surface area contributed by atoms with Crippen molar-refractivity contribution >= 4 is 10.5 Å². The summed E-state index contributed by atoms with van der Waals surface area (Å²) in [4.78, 5) is 0. The van der Waals surface area contributed by atoms with E-state index in [1.54, 1.807) is 6.07 Å². The third-order valence-electron chi connectivity index (χ3n) is 3.39. The molecule has 2 aromatic carbocycles. The van der Waals surface area contributed by atoms with Crippen LogP contribution in [0.25, 0.3) is 11.1 Å². The predicted octanol–water partition coefficient (Wildman–Crippen LogP) is 3.25. The maximum Gasteiger partial charge on any atom is 0.159 e. The van der Waals surface area contributed by atoms with Gasteiger partial charge in [-0.25, -0.2) is 8.78 Å². The minimum Gasteiger partial charge on any atom is -0.423 e. The van der Waals surface area contributed by atoms with Crippen molar-refractivity contribution in [2.75, 3.05) is 0 Å². The first-order valence-electron chi connectivity index (χ1n) is 6.51. The Morgan fingerprint density at radius 3 is 2.10 bits per heavy atom. The van der Waals surface area contributed by atoms with Gasteiger partial charge in [0, 0.05) is 0 Å². The Kier molecular flexibility index (Phi) is 4.35. The fourth-order valence-electron chi connectivity index (χ4n) is 2.05. The van der Waals surface area contributed by atoms with E-state index in [4.69, 9.17) is 4.43 Å². The van der Waals surface area contributed by atoms with E-state index in [0.717, 1.165) is 23.6 Å². The molecule has 0 fully saturated rings. The Morgan fingerprint density at radius 1 is 0.950 bits per heavy atom. The molecule has 0 unspecified atom stereocenters. The number of hydrogen-bond acceptors (Lipinski definition) is 1. The summed E-state index contributed by atoms with van der Waals surface area (Å²) < 4.78 is 31.7. The van der Waals surface area contributed by atoms with Gasteiger partial charge in [-0.05, 0) is 49.1 Å². The molecule has 4 heteroatoms. The van der Waals surface area contributed by atoms with Crippen LogP contribution in [0.5, 0.6) is 0 Å². The highest BCUT2D eigenvalue weighted by molar-refractivity contribution is 5.98. The minimum absolute atomic E-state index is 0.157. The number of rotatable bonds is 4. The van der Waals surface area contributed by atoms with Gasteiger partial charge in [0.05, 0.1) is 5.60 Å². The molecule has 0 aliphatic rings. The summed E-state index contributed by atoms with van der Waals surface area (Å²) >= 11 is 0. The molecule has 20 heavy (non-hydrogen) atoms. The first kappa shape index (κ1) is 14.9. The lowest BCUT2D eigenvalue weighted by atomic mass is 9.96. The van der Waals surface area contributed by atoms with Crippen LogP contribution in [-0.2, 0) is 10.8 Å². The van der Waals surface area contributed by atoms with Gasteiger partial charge in [-0.15, -0.1) is 0 Å². The van der Waals surface area contributed by atoms with E-state index >= 15 is 0 Å². The lowest BCUT2D eigenvalue weighted by Crippen LogP contribution is -2.26. The highest BCUT2D eigenvalue weighted by Crippen LogP contribution is 2.23. The maximum atomic E-state index is 13.2. The summed E-state index contributed by atoms with van der Waals surface area (Å²) in [6, 6.07) is 11.8. The zero-order valence-electron chi connectivity index (χ0n) is 11.9. The molecule has 0 saturated carbocycles. The van der Waals surface area contributed by atoms with E-state index in [2.05, 4.69) is 13.8 Å². The normalized spacial score (nSPS) is 11.8. The van der Waals surface area contributed by atoms with Gasteiger partial charge in [0.2, 0.25) is 0 Å². The fraction of sp³-hybridized carbons (Fsp3) is 0.250. The Labute approximate surface area is 121 Å². The van der Waals surface area contributed by atoms with Gasteiger partial charge in [-0.3, -0.25) is 0 Å². The highest BCUT2D eigenvalue weighted by Gasteiger charge is 2.16. The third kappa shape index (κ3) is 3.52. The number of hydrogen-bond donors (Lipinski definition) is 0. The number of benzene rings is 2. The summed E-state index contributed by atoms with van der Waals surface area (Å²) in [5.74, 6) is -1.64. The summed E-state index contributed by atoms with van der Waals surface area (Å²) in [6.07, 6.45) is 0.828. The molecule has 0 N–H and O–H groups in total. The zero-order valence-corrected chi connectivity index (χ0v) is 13.9. The van der Waals surface area contributed by atoms with Crippen LogP contribution in [-0.4, -0.2) is 16.1 Å². The van der Waals surface area contributed by atoms with Gasteiger partial charge < -0.3 is 4.43 Å². The van der Waals surface area contributed by atoms with Crippen molar-refractivity contribution in [2.45, 2.75) is 25.9 Å². The third-order valence-corrected chi connectivity index (χ3v) is 4.49. The molecule has 0 aromatic heterocycles. The van der Waals surface area contributed by atoms with Crippen molar-refractivity contribution in [3.63, 3.8) is 0 Å². The van der Waals surface area contributed by atoms with E-state index in [-0.39, 0.29) is 5.60 Å². The Balaban J connectivity index is 2.21. The lowest BCUT2D eigenvalue weighted by Gasteiger charge is -2.23. The van der Waals surface area contributed by atoms with Crippen LogP contribution < -0.4 is 0 Å². The topological polar surface area (TPSA) is 9.23 Å². The maximum absolute atomic E-state index is 13.2. The molecule has 0 bridgehead atoms. The van der Waals surface area contributed by atoms with E-state index in [9.17, 15) is 8.78 Å². The van der Waals surface area contributed by atoms with Crippen LogP contribution in [0.3, 0.4) is 0 Å². The van der Waals surface area contributed by atoms with Crippen molar-refractivity contribution in [3.05, 3.63) is 59.7 Å². The van der Waals surface area contributed by atoms with Crippen LogP contribution in [0.1, 0.15) is 19.4 Å². The molecule has 0 spiro atoms. The van der Waals surface area contributed by atoms with Crippen LogP contribution in [0, 0.1) is 11.6 Å². The first-order valence-corrected chi connectivity index (χ1v) is 7.32. The average Bonchev–Trinajstić information content (AvgIpc) is 2.42. The highest BCUT2D eigenvalue weighted by atomic mass is 28.2. The molecule has 1 nitrogen and oxygen atoms in total. The molecule has 2 rings (SSSR count). The predicted molar refractivity (Wildman–Crippen MR) is 80.6 cm³/mol. The van der Waals surface area contributed by atoms with E-state index in [0.29, 0.717) is 16.0 Å². The second-order valence-corrected chi connectivity index (χ2v) is 5.87. The molecule has 0 aliphatic carbocycles. The fourth-order valence-corrected chi connectivity index (χ4v) is 2.20. The molecule has 106 valence electrons. The lowest BCUT2D eigenvalue weighted by molar-refractivity contribution is 0.124. The largest absolute Gasteiger partial charge is 0.423 e. The van der Waals surface area contributed by atoms with Gasteiger partial charge in [0.25, 0.3) is 0 Å². The van der Waals surface area contributed by atoms with Crippen molar-refractivity contribution in [1.82, 2.24) is 0 Å². The second kappa shape index (κ2) is 5.85. The van der Waals surface area contributed by atoms with Gasteiger partial charge in [-0.1, -0.05) is 30.3 Å². The SMILES string of the molecule is CC(C)(Cc1ccc(-c2ccc(F)c(F)c2)cc1)O[SiH3]. The van der Waals surface area contributed by atoms with Crippen LogP contribution in [0.4, 0.5) is 8.78 Å². The van der Waals surface area contributed by atoms with Crippen molar-refractivity contribution in [1.29, 1.82) is 0 Å². The molecular weight excluding hydrogens is 274 g/mol. The average molecular weight is 292 g/mol.